The molecule has 0 N–H and O–H groups in total. The van der Waals surface area contributed by atoms with E-state index in [2.05, 4.69) is 4.98 Å². The standard InChI is InChI=1S/C17H17F3N2O2S/c1-24-11-4-5-12-13(17(18,19)20)9-15(21-14(12)8-11)25-10-16(23)22-6-2-3-7-22/h4-5,8-9H,2-3,6-7,10H2,1H3. The predicted molar refractivity (Wildman–Crippen MR) is 89.8 cm³/mol. The molecule has 8 heteroatoms. The van der Waals surface area contributed by atoms with Crippen LogP contribution in [-0.2, 0) is 11.0 Å². The van der Waals surface area contributed by atoms with Gasteiger partial charge in [0, 0.05) is 24.5 Å². The second kappa shape index (κ2) is 7.11. The van der Waals surface area contributed by atoms with E-state index >= 15 is 0 Å². The second-order valence-electron chi connectivity index (χ2n) is 5.77. The Labute approximate surface area is 147 Å². The third-order valence-corrected chi connectivity index (χ3v) is 5.00. The van der Waals surface area contributed by atoms with Gasteiger partial charge >= 0.3 is 6.18 Å². The highest BCUT2D eigenvalue weighted by Gasteiger charge is 2.33. The number of pyridine rings is 1. The lowest BCUT2D eigenvalue weighted by Crippen LogP contribution is -2.29. The molecule has 4 nitrogen and oxygen atoms in total. The van der Waals surface area contributed by atoms with Gasteiger partial charge in [-0.3, -0.25) is 4.79 Å². The molecule has 1 fully saturated rings. The van der Waals surface area contributed by atoms with Crippen LogP contribution < -0.4 is 4.74 Å². The first-order valence-electron chi connectivity index (χ1n) is 7.85. The number of alkyl halides is 3. The van der Waals surface area contributed by atoms with E-state index in [0.717, 1.165) is 43.8 Å². The van der Waals surface area contributed by atoms with E-state index in [1.54, 1.807) is 4.90 Å². The van der Waals surface area contributed by atoms with Crippen molar-refractivity contribution in [1.82, 2.24) is 9.88 Å². The summed E-state index contributed by atoms with van der Waals surface area (Å²) in [6.07, 6.45) is -2.55. The van der Waals surface area contributed by atoms with Gasteiger partial charge in [0.15, 0.2) is 0 Å². The van der Waals surface area contributed by atoms with Crippen LogP contribution in [0.5, 0.6) is 5.75 Å². The fourth-order valence-corrected chi connectivity index (χ4v) is 3.63. The van der Waals surface area contributed by atoms with Gasteiger partial charge in [-0.15, -0.1) is 0 Å². The molecule has 1 saturated heterocycles. The molecule has 0 bridgehead atoms. The number of carbonyl (C=O) groups is 1. The van der Waals surface area contributed by atoms with Crippen LogP contribution in [0, 0.1) is 0 Å². The van der Waals surface area contributed by atoms with E-state index in [0.29, 0.717) is 5.75 Å². The molecule has 0 aliphatic carbocycles. The number of nitrogens with zero attached hydrogens (tertiary/aromatic N) is 2. The zero-order chi connectivity index (χ0) is 18.0. The minimum Gasteiger partial charge on any atom is -0.497 e. The third kappa shape index (κ3) is 4.00. The molecular formula is C17H17F3N2O2S. The Morgan fingerprint density at radius 1 is 1.28 bits per heavy atom. The average Bonchev–Trinajstić information content (AvgIpc) is 3.12. The van der Waals surface area contributed by atoms with Crippen molar-refractivity contribution in [3.63, 3.8) is 0 Å². The first kappa shape index (κ1) is 17.8. The van der Waals surface area contributed by atoms with Crippen molar-refractivity contribution in [2.75, 3.05) is 26.0 Å². The largest absolute Gasteiger partial charge is 0.497 e. The summed E-state index contributed by atoms with van der Waals surface area (Å²) < 4.78 is 45.2. The number of thioether (sulfide) groups is 1. The molecule has 1 aromatic heterocycles. The lowest BCUT2D eigenvalue weighted by molar-refractivity contribution is -0.136. The van der Waals surface area contributed by atoms with E-state index in [1.165, 1.54) is 25.3 Å². The van der Waals surface area contributed by atoms with Gasteiger partial charge in [0.1, 0.15) is 5.75 Å². The zero-order valence-corrected chi connectivity index (χ0v) is 14.4. The van der Waals surface area contributed by atoms with Gasteiger partial charge in [-0.05, 0) is 31.0 Å². The zero-order valence-electron chi connectivity index (χ0n) is 13.6. The Morgan fingerprint density at radius 3 is 2.64 bits per heavy atom. The summed E-state index contributed by atoms with van der Waals surface area (Å²) >= 11 is 1.03. The van der Waals surface area contributed by atoms with Crippen LogP contribution in [0.2, 0.25) is 0 Å². The van der Waals surface area contributed by atoms with Gasteiger partial charge in [-0.2, -0.15) is 13.2 Å². The molecule has 0 saturated carbocycles. The fourth-order valence-electron chi connectivity index (χ4n) is 2.81. The lowest BCUT2D eigenvalue weighted by atomic mass is 10.1. The smallest absolute Gasteiger partial charge is 0.417 e. The monoisotopic (exact) mass is 370 g/mol. The summed E-state index contributed by atoms with van der Waals surface area (Å²) in [5.74, 6) is 0.451. The van der Waals surface area contributed by atoms with Crippen molar-refractivity contribution >= 4 is 28.6 Å². The molecule has 2 aromatic rings. The first-order chi connectivity index (χ1) is 11.9. The van der Waals surface area contributed by atoms with Gasteiger partial charge in [0.05, 0.1) is 29.0 Å². The molecule has 0 unspecified atom stereocenters. The van der Waals surface area contributed by atoms with Crippen molar-refractivity contribution in [2.45, 2.75) is 24.0 Å². The quantitative estimate of drug-likeness (QED) is 0.764. The summed E-state index contributed by atoms with van der Waals surface area (Å²) in [5.41, 5.74) is -0.554. The Bertz CT molecular complexity index is 789. The minimum absolute atomic E-state index is 0.0171. The number of halogens is 3. The third-order valence-electron chi connectivity index (χ3n) is 4.10. The van der Waals surface area contributed by atoms with Crippen molar-refractivity contribution in [3.05, 3.63) is 29.8 Å². The van der Waals surface area contributed by atoms with Crippen LogP contribution in [0.15, 0.2) is 29.3 Å². The molecule has 2 heterocycles. The summed E-state index contributed by atoms with van der Waals surface area (Å²) in [5, 5.41) is 0.198. The van der Waals surface area contributed by atoms with E-state index in [4.69, 9.17) is 4.74 Å². The summed E-state index contributed by atoms with van der Waals surface area (Å²) in [7, 11) is 1.44. The molecule has 0 spiro atoms. The highest BCUT2D eigenvalue weighted by atomic mass is 32.2. The maximum atomic E-state index is 13.4. The molecule has 1 aliphatic rings. The number of hydrogen-bond donors (Lipinski definition) is 0. The number of fused-ring (bicyclic) bond motifs is 1. The number of methoxy groups -OCH3 is 1. The number of benzene rings is 1. The van der Waals surface area contributed by atoms with E-state index in [1.807, 2.05) is 0 Å². The molecule has 1 aromatic carbocycles. The maximum Gasteiger partial charge on any atom is 0.417 e. The van der Waals surface area contributed by atoms with Gasteiger partial charge in [0.2, 0.25) is 5.91 Å². The molecule has 25 heavy (non-hydrogen) atoms. The minimum atomic E-state index is -4.50. The highest BCUT2D eigenvalue weighted by Crippen LogP contribution is 2.37. The number of ether oxygens (including phenoxy) is 1. The van der Waals surface area contributed by atoms with Gasteiger partial charge in [0.25, 0.3) is 0 Å². The van der Waals surface area contributed by atoms with Crippen LogP contribution >= 0.6 is 11.8 Å². The molecule has 1 amide bonds. The number of aromatic nitrogens is 1. The van der Waals surface area contributed by atoms with Crippen molar-refractivity contribution in [2.24, 2.45) is 0 Å². The number of likely N-dealkylation sites (tertiary alicyclic amines) is 1. The van der Waals surface area contributed by atoms with Gasteiger partial charge in [-0.25, -0.2) is 4.98 Å². The Kier molecular flexibility index (Phi) is 5.08. The first-order valence-corrected chi connectivity index (χ1v) is 8.83. The number of hydrogen-bond acceptors (Lipinski definition) is 4. The molecular weight excluding hydrogens is 353 g/mol. The average molecular weight is 370 g/mol. The van der Waals surface area contributed by atoms with Crippen LogP contribution in [0.1, 0.15) is 18.4 Å². The van der Waals surface area contributed by atoms with Gasteiger partial charge in [-0.1, -0.05) is 11.8 Å². The van der Waals surface area contributed by atoms with Crippen LogP contribution in [-0.4, -0.2) is 41.7 Å². The van der Waals surface area contributed by atoms with Crippen LogP contribution in [0.25, 0.3) is 10.9 Å². The number of amides is 1. The Hall–Kier alpha value is -1.96. The molecule has 0 radical (unpaired) electrons. The molecule has 134 valence electrons. The summed E-state index contributed by atoms with van der Waals surface area (Å²) in [4.78, 5) is 18.1. The van der Waals surface area contributed by atoms with Crippen molar-refractivity contribution in [1.29, 1.82) is 0 Å². The fraction of sp³-hybridized carbons (Fsp3) is 0.412. The van der Waals surface area contributed by atoms with E-state index in [-0.39, 0.29) is 27.6 Å². The normalized spacial score (nSPS) is 15.0. The highest BCUT2D eigenvalue weighted by molar-refractivity contribution is 7.99. The number of carbonyl (C=O) groups excluding carboxylic acids is 1. The molecule has 1 aliphatic heterocycles. The van der Waals surface area contributed by atoms with Crippen LogP contribution in [0.4, 0.5) is 13.2 Å². The lowest BCUT2D eigenvalue weighted by Gasteiger charge is -2.15. The van der Waals surface area contributed by atoms with Crippen LogP contribution in [0.3, 0.4) is 0 Å². The van der Waals surface area contributed by atoms with E-state index < -0.39 is 11.7 Å². The van der Waals surface area contributed by atoms with Gasteiger partial charge < -0.3 is 9.64 Å². The predicted octanol–water partition coefficient (Wildman–Crippen LogP) is 3.98. The van der Waals surface area contributed by atoms with Crippen molar-refractivity contribution in [3.8, 4) is 5.75 Å². The topological polar surface area (TPSA) is 42.4 Å². The summed E-state index contributed by atoms with van der Waals surface area (Å²) in [6, 6.07) is 5.31. The second-order valence-corrected chi connectivity index (χ2v) is 6.76. The number of rotatable bonds is 4. The SMILES string of the molecule is COc1ccc2c(C(F)(F)F)cc(SCC(=O)N3CCCC3)nc2c1. The van der Waals surface area contributed by atoms with E-state index in [9.17, 15) is 18.0 Å². The Balaban J connectivity index is 1.90. The van der Waals surface area contributed by atoms with Crippen molar-refractivity contribution < 1.29 is 22.7 Å². The maximum absolute atomic E-state index is 13.4. The Morgan fingerprint density at radius 2 is 2.00 bits per heavy atom. The molecule has 0 atom stereocenters. The summed E-state index contributed by atoms with van der Waals surface area (Å²) in [6.45, 7) is 1.44. The molecule has 3 rings (SSSR count).